The van der Waals surface area contributed by atoms with Crippen LogP contribution in [0.1, 0.15) is 12.5 Å². The molecule has 0 radical (unpaired) electrons. The highest BCUT2D eigenvalue weighted by Gasteiger charge is 2.12. The Balaban J connectivity index is 2.61. The highest BCUT2D eigenvalue weighted by molar-refractivity contribution is 5.92. The van der Waals surface area contributed by atoms with Crippen LogP contribution >= 0.6 is 0 Å². The molecule has 0 spiro atoms. The summed E-state index contributed by atoms with van der Waals surface area (Å²) in [5, 5.41) is 14.0. The molecule has 0 aliphatic carbocycles. The molecule has 1 aromatic carbocycles. The molecule has 21 heavy (non-hydrogen) atoms. The first-order chi connectivity index (χ1) is 9.92. The van der Waals surface area contributed by atoms with E-state index in [4.69, 9.17) is 5.11 Å². The first kappa shape index (κ1) is 16.5. The van der Waals surface area contributed by atoms with Crippen molar-refractivity contribution in [2.75, 3.05) is 25.5 Å². The molecule has 3 N–H and O–H groups in total. The fourth-order valence-electron chi connectivity index (χ4n) is 1.69. The molecule has 7 nitrogen and oxygen atoms in total. The third-order valence-electron chi connectivity index (χ3n) is 2.64. The second-order valence-electron chi connectivity index (χ2n) is 4.51. The SMILES string of the molecule is CCNC(=O)CN(C)C(=O)Nc1cccc(CC(=O)O)c1. The molecule has 0 unspecified atom stereocenters. The van der Waals surface area contributed by atoms with Crippen molar-refractivity contribution in [2.24, 2.45) is 0 Å². The number of carbonyl (C=O) groups is 3. The summed E-state index contributed by atoms with van der Waals surface area (Å²) in [6, 6.07) is 6.14. The van der Waals surface area contributed by atoms with Crippen molar-refractivity contribution in [1.29, 1.82) is 0 Å². The number of likely N-dealkylation sites (N-methyl/N-ethyl adjacent to an activating group) is 2. The average Bonchev–Trinajstić information content (AvgIpc) is 2.38. The van der Waals surface area contributed by atoms with Crippen LogP contribution in [0.4, 0.5) is 10.5 Å². The van der Waals surface area contributed by atoms with Crippen LogP contribution in [0, 0.1) is 0 Å². The summed E-state index contributed by atoms with van der Waals surface area (Å²) in [7, 11) is 1.51. The Bertz CT molecular complexity index is 531. The van der Waals surface area contributed by atoms with Crippen molar-refractivity contribution in [1.82, 2.24) is 10.2 Å². The second kappa shape index (κ2) is 7.88. The smallest absolute Gasteiger partial charge is 0.322 e. The van der Waals surface area contributed by atoms with E-state index in [0.29, 0.717) is 17.8 Å². The van der Waals surface area contributed by atoms with Gasteiger partial charge in [-0.25, -0.2) is 4.79 Å². The minimum Gasteiger partial charge on any atom is -0.481 e. The van der Waals surface area contributed by atoms with Gasteiger partial charge in [0.2, 0.25) is 5.91 Å². The Hall–Kier alpha value is -2.57. The molecule has 1 rings (SSSR count). The van der Waals surface area contributed by atoms with Gasteiger partial charge in [-0.1, -0.05) is 12.1 Å². The van der Waals surface area contributed by atoms with Gasteiger partial charge in [-0.3, -0.25) is 9.59 Å². The lowest BCUT2D eigenvalue weighted by Crippen LogP contribution is -2.40. The monoisotopic (exact) mass is 293 g/mol. The van der Waals surface area contributed by atoms with Crippen molar-refractivity contribution < 1.29 is 19.5 Å². The molecule has 0 aliphatic rings. The number of nitrogens with zero attached hydrogens (tertiary/aromatic N) is 1. The Morgan fingerprint density at radius 3 is 2.62 bits per heavy atom. The number of carboxylic acid groups (broad SMARTS) is 1. The third kappa shape index (κ3) is 5.94. The van der Waals surface area contributed by atoms with Gasteiger partial charge in [0.25, 0.3) is 0 Å². The van der Waals surface area contributed by atoms with E-state index in [0.717, 1.165) is 0 Å². The highest BCUT2D eigenvalue weighted by Crippen LogP contribution is 2.11. The minimum atomic E-state index is -0.938. The van der Waals surface area contributed by atoms with Crippen molar-refractivity contribution in [3.05, 3.63) is 29.8 Å². The number of urea groups is 1. The van der Waals surface area contributed by atoms with Crippen molar-refractivity contribution in [2.45, 2.75) is 13.3 Å². The zero-order valence-electron chi connectivity index (χ0n) is 12.0. The number of hydrogen-bond acceptors (Lipinski definition) is 3. The quantitative estimate of drug-likeness (QED) is 0.726. The molecule has 0 saturated heterocycles. The molecule has 0 aliphatic heterocycles. The van der Waals surface area contributed by atoms with Crippen LogP contribution in [0.25, 0.3) is 0 Å². The van der Waals surface area contributed by atoms with E-state index in [-0.39, 0.29) is 18.9 Å². The summed E-state index contributed by atoms with van der Waals surface area (Å²) in [6.07, 6.45) is -0.113. The topological polar surface area (TPSA) is 98.7 Å². The van der Waals surface area contributed by atoms with E-state index in [1.165, 1.54) is 11.9 Å². The lowest BCUT2D eigenvalue weighted by atomic mass is 10.1. The predicted molar refractivity (Wildman–Crippen MR) is 78.1 cm³/mol. The summed E-state index contributed by atoms with van der Waals surface area (Å²) in [5.41, 5.74) is 1.08. The Labute approximate surface area is 122 Å². The zero-order chi connectivity index (χ0) is 15.8. The molecule has 1 aromatic rings. The van der Waals surface area contributed by atoms with E-state index in [9.17, 15) is 14.4 Å². The summed E-state index contributed by atoms with van der Waals surface area (Å²) in [4.78, 5) is 35.2. The molecule has 0 saturated carbocycles. The number of anilines is 1. The lowest BCUT2D eigenvalue weighted by Gasteiger charge is -2.17. The molecular formula is C14H19N3O4. The number of nitrogens with one attached hydrogen (secondary N) is 2. The Morgan fingerprint density at radius 2 is 2.00 bits per heavy atom. The summed E-state index contributed by atoms with van der Waals surface area (Å²) in [6.45, 7) is 2.26. The van der Waals surface area contributed by atoms with Gasteiger partial charge in [0, 0.05) is 19.3 Å². The predicted octanol–water partition coefficient (Wildman–Crippen LogP) is 0.913. The van der Waals surface area contributed by atoms with Gasteiger partial charge >= 0.3 is 12.0 Å². The average molecular weight is 293 g/mol. The molecular weight excluding hydrogens is 274 g/mol. The van der Waals surface area contributed by atoms with Gasteiger partial charge in [0.05, 0.1) is 6.42 Å². The maximum Gasteiger partial charge on any atom is 0.322 e. The molecule has 0 heterocycles. The number of aliphatic carboxylic acids is 1. The van der Waals surface area contributed by atoms with E-state index in [1.54, 1.807) is 31.2 Å². The number of hydrogen-bond donors (Lipinski definition) is 3. The van der Waals surface area contributed by atoms with Gasteiger partial charge in [-0.05, 0) is 24.6 Å². The number of carboxylic acids is 1. The molecule has 7 heteroatoms. The minimum absolute atomic E-state index is 0.0471. The summed E-state index contributed by atoms with van der Waals surface area (Å²) in [5.74, 6) is -1.18. The molecule has 0 bridgehead atoms. The molecule has 3 amide bonds. The zero-order valence-corrected chi connectivity index (χ0v) is 12.0. The van der Waals surface area contributed by atoms with Gasteiger partial charge in [-0.2, -0.15) is 0 Å². The van der Waals surface area contributed by atoms with Gasteiger partial charge in [-0.15, -0.1) is 0 Å². The number of carbonyl (C=O) groups excluding carboxylic acids is 2. The molecule has 0 fully saturated rings. The summed E-state index contributed by atoms with van der Waals surface area (Å²) < 4.78 is 0. The molecule has 0 aromatic heterocycles. The van der Waals surface area contributed by atoms with Crippen molar-refractivity contribution in [3.8, 4) is 0 Å². The van der Waals surface area contributed by atoms with Crippen LogP contribution in [0.5, 0.6) is 0 Å². The van der Waals surface area contributed by atoms with Crippen LogP contribution in [0.2, 0.25) is 0 Å². The maximum absolute atomic E-state index is 11.9. The van der Waals surface area contributed by atoms with Gasteiger partial charge in [0.15, 0.2) is 0 Å². The van der Waals surface area contributed by atoms with E-state index < -0.39 is 12.0 Å². The molecule has 114 valence electrons. The second-order valence-corrected chi connectivity index (χ2v) is 4.51. The van der Waals surface area contributed by atoms with Crippen molar-refractivity contribution in [3.63, 3.8) is 0 Å². The Morgan fingerprint density at radius 1 is 1.29 bits per heavy atom. The van der Waals surface area contributed by atoms with Crippen LogP contribution in [0.3, 0.4) is 0 Å². The highest BCUT2D eigenvalue weighted by atomic mass is 16.4. The fourth-order valence-corrected chi connectivity index (χ4v) is 1.69. The van der Waals surface area contributed by atoms with Crippen molar-refractivity contribution >= 4 is 23.6 Å². The Kier molecular flexibility index (Phi) is 6.19. The van der Waals surface area contributed by atoms with E-state index in [1.807, 2.05) is 0 Å². The largest absolute Gasteiger partial charge is 0.481 e. The van der Waals surface area contributed by atoms with E-state index >= 15 is 0 Å². The first-order valence-electron chi connectivity index (χ1n) is 6.52. The van der Waals surface area contributed by atoms with Crippen LogP contribution < -0.4 is 10.6 Å². The van der Waals surface area contributed by atoms with Crippen LogP contribution in [-0.2, 0) is 16.0 Å². The third-order valence-corrected chi connectivity index (χ3v) is 2.64. The maximum atomic E-state index is 11.9. The van der Waals surface area contributed by atoms with E-state index in [2.05, 4.69) is 10.6 Å². The van der Waals surface area contributed by atoms with Crippen LogP contribution in [-0.4, -0.2) is 48.1 Å². The fraction of sp³-hybridized carbons (Fsp3) is 0.357. The van der Waals surface area contributed by atoms with Gasteiger partial charge in [0.1, 0.15) is 6.54 Å². The normalized spacial score (nSPS) is 9.81. The summed E-state index contributed by atoms with van der Waals surface area (Å²) >= 11 is 0. The molecule has 0 atom stereocenters. The standard InChI is InChI=1S/C14H19N3O4/c1-3-15-12(18)9-17(2)14(21)16-11-6-4-5-10(7-11)8-13(19)20/h4-7H,3,8-9H2,1-2H3,(H,15,18)(H,16,21)(H,19,20). The first-order valence-corrected chi connectivity index (χ1v) is 6.52. The number of amides is 3. The number of benzene rings is 1. The number of rotatable bonds is 6. The van der Waals surface area contributed by atoms with Crippen LogP contribution in [0.15, 0.2) is 24.3 Å². The van der Waals surface area contributed by atoms with Gasteiger partial charge < -0.3 is 20.6 Å². The lowest BCUT2D eigenvalue weighted by molar-refractivity contribution is -0.136.